The van der Waals surface area contributed by atoms with Crippen molar-refractivity contribution in [1.29, 1.82) is 0 Å². The number of benzene rings is 2. The van der Waals surface area contributed by atoms with Crippen LogP contribution in [0.25, 0.3) is 0 Å². The van der Waals surface area contributed by atoms with Crippen molar-refractivity contribution < 1.29 is 9.53 Å². The zero-order valence-corrected chi connectivity index (χ0v) is 16.4. The normalized spacial score (nSPS) is 13.8. The van der Waals surface area contributed by atoms with Gasteiger partial charge in [-0.3, -0.25) is 9.78 Å². The summed E-state index contributed by atoms with van der Waals surface area (Å²) < 4.78 is 5.49. The summed E-state index contributed by atoms with van der Waals surface area (Å²) in [4.78, 5) is 21.4. The fraction of sp³-hybridized carbons (Fsp3) is 0.217. The maximum absolute atomic E-state index is 12.5. The average Bonchev–Trinajstić information content (AvgIpc) is 2.80. The van der Waals surface area contributed by atoms with Crippen LogP contribution in [0.15, 0.2) is 72.9 Å². The Balaban J connectivity index is 1.42. The molecule has 4 rings (SSSR count). The number of amides is 1. The Morgan fingerprint density at radius 2 is 1.62 bits per heavy atom. The van der Waals surface area contributed by atoms with Gasteiger partial charge in [0.15, 0.2) is 0 Å². The van der Waals surface area contributed by atoms with Crippen molar-refractivity contribution >= 4 is 23.0 Å². The number of hydrogen-bond donors (Lipinski definition) is 1. The Labute approximate surface area is 170 Å². The molecular weight excluding hydrogens is 364 g/mol. The van der Waals surface area contributed by atoms with Crippen molar-refractivity contribution in [2.75, 3.05) is 48.4 Å². The smallest absolute Gasteiger partial charge is 0.274 e. The Bertz CT molecular complexity index is 969. The molecule has 3 aromatic rings. The lowest BCUT2D eigenvalue weighted by Gasteiger charge is -2.37. The summed E-state index contributed by atoms with van der Waals surface area (Å²) in [5.41, 5.74) is 3.30. The van der Waals surface area contributed by atoms with Crippen LogP contribution >= 0.6 is 0 Å². The van der Waals surface area contributed by atoms with Gasteiger partial charge in [-0.1, -0.05) is 30.3 Å². The van der Waals surface area contributed by atoms with E-state index in [0.29, 0.717) is 5.69 Å². The van der Waals surface area contributed by atoms with E-state index in [1.54, 1.807) is 13.3 Å². The summed E-state index contributed by atoms with van der Waals surface area (Å²) in [6.45, 7) is 3.49. The first kappa shape index (κ1) is 18.8. The van der Waals surface area contributed by atoms with Gasteiger partial charge in [-0.25, -0.2) is 0 Å². The van der Waals surface area contributed by atoms with Crippen molar-refractivity contribution in [3.63, 3.8) is 0 Å². The van der Waals surface area contributed by atoms with Crippen LogP contribution in [0, 0.1) is 0 Å². The number of carbonyl (C=O) groups is 1. The van der Waals surface area contributed by atoms with Gasteiger partial charge in [0.2, 0.25) is 0 Å². The molecule has 1 amide bonds. The van der Waals surface area contributed by atoms with E-state index in [9.17, 15) is 4.79 Å². The molecule has 0 aliphatic carbocycles. The molecule has 0 unspecified atom stereocenters. The van der Waals surface area contributed by atoms with Crippen molar-refractivity contribution in [2.24, 2.45) is 0 Å². The van der Waals surface area contributed by atoms with Crippen LogP contribution < -0.4 is 19.9 Å². The minimum atomic E-state index is -0.203. The monoisotopic (exact) mass is 388 g/mol. The molecular formula is C23H24N4O2. The lowest BCUT2D eigenvalue weighted by molar-refractivity contribution is 0.102. The molecule has 1 aliphatic rings. The van der Waals surface area contributed by atoms with Crippen molar-refractivity contribution in [3.05, 3.63) is 78.6 Å². The molecule has 0 bridgehead atoms. The number of carbonyl (C=O) groups excluding carboxylic acids is 1. The molecule has 0 radical (unpaired) electrons. The van der Waals surface area contributed by atoms with Gasteiger partial charge >= 0.3 is 0 Å². The molecule has 0 atom stereocenters. The summed E-state index contributed by atoms with van der Waals surface area (Å²) in [6.07, 6.45) is 1.70. The second-order valence-electron chi connectivity index (χ2n) is 6.87. The van der Waals surface area contributed by atoms with Gasteiger partial charge in [0.05, 0.1) is 12.8 Å². The van der Waals surface area contributed by atoms with Crippen LogP contribution in [0.2, 0.25) is 0 Å². The Morgan fingerprint density at radius 1 is 0.931 bits per heavy atom. The Morgan fingerprint density at radius 3 is 2.38 bits per heavy atom. The molecule has 0 spiro atoms. The van der Waals surface area contributed by atoms with E-state index in [2.05, 4.69) is 26.2 Å². The van der Waals surface area contributed by atoms with E-state index in [1.165, 1.54) is 0 Å². The third kappa shape index (κ3) is 4.32. The predicted octanol–water partition coefficient (Wildman–Crippen LogP) is 3.67. The highest BCUT2D eigenvalue weighted by molar-refractivity contribution is 6.03. The first-order chi connectivity index (χ1) is 14.2. The van der Waals surface area contributed by atoms with Crippen LogP contribution in [0.1, 0.15) is 10.5 Å². The molecule has 2 aromatic carbocycles. The fourth-order valence-electron chi connectivity index (χ4n) is 3.55. The van der Waals surface area contributed by atoms with Crippen LogP contribution in [-0.4, -0.2) is 44.2 Å². The first-order valence-corrected chi connectivity index (χ1v) is 9.70. The Kier molecular flexibility index (Phi) is 5.61. The standard InChI is InChI=1S/C23H24N4O2/c1-29-22-10-6-5-9-21(22)27-15-13-26(14-16-27)19-11-12-24-20(17-19)23(28)25-18-7-3-2-4-8-18/h2-12,17H,13-16H2,1H3,(H,25,28). The van der Waals surface area contributed by atoms with Gasteiger partial charge in [-0.2, -0.15) is 0 Å². The van der Waals surface area contributed by atoms with Crippen molar-refractivity contribution in [1.82, 2.24) is 4.98 Å². The third-order valence-corrected chi connectivity index (χ3v) is 5.08. The number of anilines is 3. The van der Waals surface area contributed by atoms with Crippen molar-refractivity contribution in [3.8, 4) is 5.75 Å². The number of methoxy groups -OCH3 is 1. The predicted molar refractivity (Wildman–Crippen MR) is 116 cm³/mol. The maximum Gasteiger partial charge on any atom is 0.274 e. The molecule has 29 heavy (non-hydrogen) atoms. The highest BCUT2D eigenvalue weighted by Gasteiger charge is 2.20. The van der Waals surface area contributed by atoms with Crippen molar-refractivity contribution in [2.45, 2.75) is 0 Å². The van der Waals surface area contributed by atoms with E-state index in [0.717, 1.165) is 49.0 Å². The number of pyridine rings is 1. The van der Waals surface area contributed by atoms with Gasteiger partial charge < -0.3 is 19.9 Å². The molecule has 1 N–H and O–H groups in total. The lowest BCUT2D eigenvalue weighted by atomic mass is 10.2. The second-order valence-corrected chi connectivity index (χ2v) is 6.87. The third-order valence-electron chi connectivity index (χ3n) is 5.08. The number of piperazine rings is 1. The summed E-state index contributed by atoms with van der Waals surface area (Å²) >= 11 is 0. The van der Waals surface area contributed by atoms with E-state index in [1.807, 2.05) is 60.7 Å². The van der Waals surface area contributed by atoms with E-state index < -0.39 is 0 Å². The number of nitrogens with one attached hydrogen (secondary N) is 1. The summed E-state index contributed by atoms with van der Waals surface area (Å²) in [6, 6.07) is 21.3. The number of rotatable bonds is 5. The largest absolute Gasteiger partial charge is 0.495 e. The SMILES string of the molecule is COc1ccccc1N1CCN(c2ccnc(C(=O)Nc3ccccc3)c2)CC1. The summed E-state index contributed by atoms with van der Waals surface area (Å²) in [5.74, 6) is 0.690. The zero-order chi connectivity index (χ0) is 20.1. The molecule has 1 fully saturated rings. The molecule has 2 heterocycles. The minimum absolute atomic E-state index is 0.203. The molecule has 0 saturated carbocycles. The zero-order valence-electron chi connectivity index (χ0n) is 16.4. The molecule has 148 valence electrons. The quantitative estimate of drug-likeness (QED) is 0.723. The van der Waals surface area contributed by atoms with Gasteiger partial charge in [-0.05, 0) is 36.4 Å². The highest BCUT2D eigenvalue weighted by Crippen LogP contribution is 2.29. The number of ether oxygens (including phenoxy) is 1. The fourth-order valence-corrected chi connectivity index (χ4v) is 3.55. The minimum Gasteiger partial charge on any atom is -0.495 e. The molecule has 1 aliphatic heterocycles. The molecule has 1 aromatic heterocycles. The van der Waals surface area contributed by atoms with Crippen LogP contribution in [-0.2, 0) is 0 Å². The van der Waals surface area contributed by atoms with Crippen LogP contribution in [0.3, 0.4) is 0 Å². The lowest BCUT2D eigenvalue weighted by Crippen LogP contribution is -2.46. The molecule has 6 nitrogen and oxygen atoms in total. The number of nitrogens with zero attached hydrogens (tertiary/aromatic N) is 3. The highest BCUT2D eigenvalue weighted by atomic mass is 16.5. The van der Waals surface area contributed by atoms with Crippen LogP contribution in [0.4, 0.5) is 17.1 Å². The van der Waals surface area contributed by atoms with E-state index >= 15 is 0 Å². The first-order valence-electron chi connectivity index (χ1n) is 9.70. The summed E-state index contributed by atoms with van der Waals surface area (Å²) in [5, 5.41) is 2.89. The average molecular weight is 388 g/mol. The van der Waals surface area contributed by atoms with Gasteiger partial charge in [0.25, 0.3) is 5.91 Å². The van der Waals surface area contributed by atoms with E-state index in [4.69, 9.17) is 4.74 Å². The number of hydrogen-bond acceptors (Lipinski definition) is 5. The van der Waals surface area contributed by atoms with Crippen LogP contribution in [0.5, 0.6) is 5.75 Å². The number of para-hydroxylation sites is 3. The number of aromatic nitrogens is 1. The second kappa shape index (κ2) is 8.65. The Hall–Kier alpha value is -3.54. The topological polar surface area (TPSA) is 57.7 Å². The van der Waals surface area contributed by atoms with Gasteiger partial charge in [-0.15, -0.1) is 0 Å². The van der Waals surface area contributed by atoms with E-state index in [-0.39, 0.29) is 5.91 Å². The molecule has 6 heteroatoms. The van der Waals surface area contributed by atoms with Gasteiger partial charge in [0, 0.05) is 43.8 Å². The summed E-state index contributed by atoms with van der Waals surface area (Å²) in [7, 11) is 1.70. The van der Waals surface area contributed by atoms with Gasteiger partial charge in [0.1, 0.15) is 11.4 Å². The maximum atomic E-state index is 12.5. The molecule has 1 saturated heterocycles.